The van der Waals surface area contributed by atoms with Gasteiger partial charge < -0.3 is 9.66 Å². The van der Waals surface area contributed by atoms with Crippen LogP contribution in [0.1, 0.15) is 129 Å². The fraction of sp³-hybridized carbons (Fsp3) is 1.00. The molecule has 0 radical (unpaired) electrons. The maximum Gasteiger partial charge on any atom is 1.00 e. The standard InChI is InChI=1S/C22H46O4S.Na/c1-3-5-7-9-11-13-15-17-19-21(23)22(27(24,25)26)20-18-16-14-12-10-8-6-4-2;/h21-23H,3-20H2,1-2H3,(H,24,25,26);/q;+1/p-1. The van der Waals surface area contributed by atoms with Crippen LogP contribution in [0.3, 0.4) is 0 Å². The predicted octanol–water partition coefficient (Wildman–Crippen LogP) is 3.33. The van der Waals surface area contributed by atoms with Crippen LogP contribution in [0.25, 0.3) is 0 Å². The molecule has 0 aromatic carbocycles. The minimum absolute atomic E-state index is 0. The molecule has 2 atom stereocenters. The maximum absolute atomic E-state index is 11.5. The largest absolute Gasteiger partial charge is 1.00 e. The van der Waals surface area contributed by atoms with E-state index in [1.165, 1.54) is 64.2 Å². The summed E-state index contributed by atoms with van der Waals surface area (Å²) in [5.74, 6) is 0. The molecule has 0 aromatic rings. The number of hydrogen-bond acceptors (Lipinski definition) is 4. The Morgan fingerprint density at radius 2 is 0.964 bits per heavy atom. The van der Waals surface area contributed by atoms with Crippen LogP contribution in [0.2, 0.25) is 0 Å². The Morgan fingerprint density at radius 3 is 1.32 bits per heavy atom. The molecule has 6 heteroatoms. The summed E-state index contributed by atoms with van der Waals surface area (Å²) in [6, 6.07) is 0. The Labute approximate surface area is 197 Å². The fourth-order valence-electron chi connectivity index (χ4n) is 3.68. The summed E-state index contributed by atoms with van der Waals surface area (Å²) < 4.78 is 34.6. The SMILES string of the molecule is CCCCCCCCCCC(O)C(CCCCCCCCCC)S(=O)(=O)[O-].[Na+]. The van der Waals surface area contributed by atoms with E-state index in [2.05, 4.69) is 13.8 Å². The molecule has 0 amide bonds. The molecule has 0 saturated carbocycles. The third-order valence-corrected chi connectivity index (χ3v) is 6.79. The van der Waals surface area contributed by atoms with Crippen LogP contribution >= 0.6 is 0 Å². The summed E-state index contributed by atoms with van der Waals surface area (Å²) >= 11 is 0. The zero-order valence-corrected chi connectivity index (χ0v) is 21.8. The molecule has 0 saturated heterocycles. The van der Waals surface area contributed by atoms with Crippen LogP contribution in [0.15, 0.2) is 0 Å². The van der Waals surface area contributed by atoms with Crippen molar-refractivity contribution < 1.29 is 47.6 Å². The number of rotatable bonds is 20. The van der Waals surface area contributed by atoms with Crippen molar-refractivity contribution in [1.29, 1.82) is 0 Å². The average Bonchev–Trinajstić information content (AvgIpc) is 2.61. The predicted molar refractivity (Wildman–Crippen MR) is 114 cm³/mol. The molecule has 0 heterocycles. The second-order valence-electron chi connectivity index (χ2n) is 8.13. The van der Waals surface area contributed by atoms with Crippen LogP contribution in [0.5, 0.6) is 0 Å². The smallest absolute Gasteiger partial charge is 0.748 e. The topological polar surface area (TPSA) is 77.4 Å². The van der Waals surface area contributed by atoms with Gasteiger partial charge in [0.25, 0.3) is 0 Å². The van der Waals surface area contributed by atoms with E-state index in [0.717, 1.165) is 32.1 Å². The van der Waals surface area contributed by atoms with Crippen molar-refractivity contribution in [2.24, 2.45) is 0 Å². The van der Waals surface area contributed by atoms with E-state index in [-0.39, 0.29) is 29.6 Å². The summed E-state index contributed by atoms with van der Waals surface area (Å²) in [6.07, 6.45) is 17.9. The van der Waals surface area contributed by atoms with Crippen molar-refractivity contribution in [2.45, 2.75) is 141 Å². The molecule has 164 valence electrons. The van der Waals surface area contributed by atoms with Crippen molar-refractivity contribution in [3.63, 3.8) is 0 Å². The van der Waals surface area contributed by atoms with Crippen LogP contribution in [-0.2, 0) is 10.1 Å². The molecule has 1 N–H and O–H groups in total. The summed E-state index contributed by atoms with van der Waals surface area (Å²) in [6.45, 7) is 4.40. The van der Waals surface area contributed by atoms with Gasteiger partial charge in [0.1, 0.15) is 10.1 Å². The summed E-state index contributed by atoms with van der Waals surface area (Å²) in [5.41, 5.74) is 0. The van der Waals surface area contributed by atoms with E-state index < -0.39 is 21.5 Å². The van der Waals surface area contributed by atoms with Crippen LogP contribution < -0.4 is 29.6 Å². The van der Waals surface area contributed by atoms with Crippen molar-refractivity contribution >= 4 is 10.1 Å². The van der Waals surface area contributed by atoms with Crippen molar-refractivity contribution in [1.82, 2.24) is 0 Å². The van der Waals surface area contributed by atoms with E-state index in [9.17, 15) is 18.1 Å². The van der Waals surface area contributed by atoms with E-state index in [1.54, 1.807) is 0 Å². The maximum atomic E-state index is 11.5. The molecular formula is C22H45NaO4S. The number of aliphatic hydroxyl groups excluding tert-OH is 1. The normalized spacial score (nSPS) is 13.9. The first-order chi connectivity index (χ1) is 12.9. The number of hydrogen-bond donors (Lipinski definition) is 1. The minimum atomic E-state index is -4.43. The van der Waals surface area contributed by atoms with Gasteiger partial charge in [0.2, 0.25) is 0 Å². The van der Waals surface area contributed by atoms with Gasteiger partial charge in [-0.25, -0.2) is 8.42 Å². The zero-order valence-electron chi connectivity index (χ0n) is 19.0. The Hall–Kier alpha value is 0.870. The van der Waals surface area contributed by atoms with E-state index in [1.807, 2.05) is 0 Å². The first kappa shape index (κ1) is 31.1. The molecule has 0 rings (SSSR count). The molecule has 0 aliphatic carbocycles. The molecule has 4 nitrogen and oxygen atoms in total. The van der Waals surface area contributed by atoms with Crippen molar-refractivity contribution in [3.8, 4) is 0 Å². The number of aliphatic hydroxyl groups is 1. The van der Waals surface area contributed by atoms with E-state index in [4.69, 9.17) is 0 Å². The van der Waals surface area contributed by atoms with Gasteiger partial charge in [0.05, 0.1) is 11.4 Å². The van der Waals surface area contributed by atoms with Crippen molar-refractivity contribution in [2.75, 3.05) is 0 Å². The molecule has 0 fully saturated rings. The molecule has 0 spiro atoms. The minimum Gasteiger partial charge on any atom is -0.748 e. The average molecular weight is 429 g/mol. The zero-order chi connectivity index (χ0) is 20.4. The van der Waals surface area contributed by atoms with Gasteiger partial charge in [0, 0.05) is 0 Å². The molecule has 2 unspecified atom stereocenters. The van der Waals surface area contributed by atoms with Gasteiger partial charge in [-0.15, -0.1) is 0 Å². The van der Waals surface area contributed by atoms with Gasteiger partial charge in [-0.2, -0.15) is 0 Å². The molecule has 28 heavy (non-hydrogen) atoms. The van der Waals surface area contributed by atoms with Crippen LogP contribution in [0, 0.1) is 0 Å². The van der Waals surface area contributed by atoms with Crippen molar-refractivity contribution in [3.05, 3.63) is 0 Å². The first-order valence-corrected chi connectivity index (χ1v) is 13.0. The molecular weight excluding hydrogens is 383 g/mol. The summed E-state index contributed by atoms with van der Waals surface area (Å²) in [4.78, 5) is 0. The summed E-state index contributed by atoms with van der Waals surface area (Å²) in [5, 5.41) is 9.11. The third-order valence-electron chi connectivity index (χ3n) is 5.50. The van der Waals surface area contributed by atoms with Gasteiger partial charge >= 0.3 is 29.6 Å². The number of unbranched alkanes of at least 4 members (excludes halogenated alkanes) is 14. The molecule has 0 bridgehead atoms. The molecule has 0 aliphatic rings. The van der Waals surface area contributed by atoms with Crippen LogP contribution in [-0.4, -0.2) is 29.4 Å². The van der Waals surface area contributed by atoms with Gasteiger partial charge in [-0.05, 0) is 12.8 Å². The van der Waals surface area contributed by atoms with E-state index in [0.29, 0.717) is 19.3 Å². The Morgan fingerprint density at radius 1 is 0.643 bits per heavy atom. The third kappa shape index (κ3) is 18.9. The first-order valence-electron chi connectivity index (χ1n) is 11.6. The second-order valence-corrected chi connectivity index (χ2v) is 9.72. The monoisotopic (exact) mass is 428 g/mol. The Kier molecular flexibility index (Phi) is 23.4. The summed E-state index contributed by atoms with van der Waals surface area (Å²) in [7, 11) is -4.43. The van der Waals surface area contributed by atoms with Gasteiger partial charge in [0.15, 0.2) is 0 Å². The second kappa shape index (κ2) is 21.1. The Bertz CT molecular complexity index is 415. The fourth-order valence-corrected chi connectivity index (χ4v) is 4.66. The molecule has 0 aromatic heterocycles. The van der Waals surface area contributed by atoms with Gasteiger partial charge in [-0.1, -0.05) is 117 Å². The quantitative estimate of drug-likeness (QED) is 0.183. The molecule has 0 aliphatic heterocycles. The van der Waals surface area contributed by atoms with Crippen LogP contribution in [0.4, 0.5) is 0 Å². The van der Waals surface area contributed by atoms with E-state index >= 15 is 0 Å². The Balaban J connectivity index is 0. The van der Waals surface area contributed by atoms with Gasteiger partial charge in [-0.3, -0.25) is 0 Å².